The molecule has 3 heterocycles. The van der Waals surface area contributed by atoms with Gasteiger partial charge in [0.05, 0.1) is 18.4 Å². The number of H-pyrrole nitrogens is 1. The van der Waals surface area contributed by atoms with Gasteiger partial charge in [0.1, 0.15) is 5.82 Å². The number of nitrogens with one attached hydrogen (secondary N) is 3. The van der Waals surface area contributed by atoms with Crippen LogP contribution >= 0.6 is 11.6 Å². The first kappa shape index (κ1) is 16.0. The Labute approximate surface area is 141 Å². The molecule has 124 valence electrons. The summed E-state index contributed by atoms with van der Waals surface area (Å²) in [5.41, 5.74) is 0.887. The summed E-state index contributed by atoms with van der Waals surface area (Å²) >= 11 is 5.92. The van der Waals surface area contributed by atoms with Gasteiger partial charge in [0.2, 0.25) is 17.2 Å². The fourth-order valence-corrected chi connectivity index (χ4v) is 2.03. The van der Waals surface area contributed by atoms with Crippen molar-refractivity contribution < 1.29 is 4.39 Å². The number of aromatic amines is 1. The van der Waals surface area contributed by atoms with Crippen LogP contribution in [0.25, 0.3) is 0 Å². The van der Waals surface area contributed by atoms with Crippen LogP contribution in [0.5, 0.6) is 0 Å². The molecule has 0 saturated heterocycles. The van der Waals surface area contributed by atoms with E-state index in [0.717, 1.165) is 18.1 Å². The Bertz CT molecular complexity index is 836. The minimum atomic E-state index is -0.505. The van der Waals surface area contributed by atoms with Crippen molar-refractivity contribution in [3.8, 4) is 0 Å². The highest BCUT2D eigenvalue weighted by Crippen LogP contribution is 2.18. The van der Waals surface area contributed by atoms with Crippen LogP contribution in [0.4, 0.5) is 22.1 Å². The van der Waals surface area contributed by atoms with Gasteiger partial charge in [-0.25, -0.2) is 14.4 Å². The number of anilines is 3. The van der Waals surface area contributed by atoms with Gasteiger partial charge in [-0.1, -0.05) is 0 Å². The second-order valence-electron chi connectivity index (χ2n) is 4.94. The van der Waals surface area contributed by atoms with E-state index in [1.165, 1.54) is 0 Å². The third-order valence-electron chi connectivity index (χ3n) is 2.93. The van der Waals surface area contributed by atoms with E-state index in [1.807, 2.05) is 6.92 Å². The van der Waals surface area contributed by atoms with Crippen LogP contribution in [0.1, 0.15) is 24.5 Å². The van der Waals surface area contributed by atoms with Crippen LogP contribution in [0, 0.1) is 12.7 Å². The summed E-state index contributed by atoms with van der Waals surface area (Å²) in [7, 11) is 0. The third kappa shape index (κ3) is 3.90. The standard InChI is InChI=1S/C13H13ClFN9/c1-6-3-9(24-23-6)19-13-21-11(14)20-12(22-13)18-7(2)10-16-4-8(15)5-17-10/h3-5,7H,1-2H3,(H3,18,19,20,21,22,23,24). The Morgan fingerprint density at radius 2 is 1.88 bits per heavy atom. The molecule has 0 fully saturated rings. The topological polar surface area (TPSA) is 117 Å². The second kappa shape index (κ2) is 6.71. The highest BCUT2D eigenvalue weighted by molar-refractivity contribution is 6.28. The summed E-state index contributed by atoms with van der Waals surface area (Å²) in [5.74, 6) is 0.900. The zero-order valence-electron chi connectivity index (χ0n) is 12.7. The van der Waals surface area contributed by atoms with Gasteiger partial charge in [0.15, 0.2) is 11.6 Å². The summed E-state index contributed by atoms with van der Waals surface area (Å²) in [6.45, 7) is 3.66. The van der Waals surface area contributed by atoms with Gasteiger partial charge >= 0.3 is 0 Å². The summed E-state index contributed by atoms with van der Waals surface area (Å²) in [6.07, 6.45) is 2.18. The molecular formula is C13H13ClFN9. The van der Waals surface area contributed by atoms with E-state index in [4.69, 9.17) is 11.6 Å². The minimum Gasteiger partial charge on any atom is -0.344 e. The highest BCUT2D eigenvalue weighted by Gasteiger charge is 2.13. The van der Waals surface area contributed by atoms with E-state index in [0.29, 0.717) is 11.6 Å². The Morgan fingerprint density at radius 1 is 1.17 bits per heavy atom. The molecule has 0 aliphatic carbocycles. The molecule has 0 saturated carbocycles. The third-order valence-corrected chi connectivity index (χ3v) is 3.10. The molecule has 3 aromatic rings. The van der Waals surface area contributed by atoms with Gasteiger partial charge in [-0.2, -0.15) is 20.1 Å². The first-order chi connectivity index (χ1) is 11.5. The monoisotopic (exact) mass is 349 g/mol. The summed E-state index contributed by atoms with van der Waals surface area (Å²) < 4.78 is 12.9. The molecule has 0 radical (unpaired) electrons. The first-order valence-electron chi connectivity index (χ1n) is 6.94. The number of aromatic nitrogens is 7. The Balaban J connectivity index is 1.76. The molecule has 3 rings (SSSR count). The maximum absolute atomic E-state index is 12.9. The van der Waals surface area contributed by atoms with Gasteiger partial charge in [-0.3, -0.25) is 5.10 Å². The van der Waals surface area contributed by atoms with Crippen molar-refractivity contribution in [2.75, 3.05) is 10.6 Å². The molecule has 1 unspecified atom stereocenters. The lowest BCUT2D eigenvalue weighted by Crippen LogP contribution is -2.14. The van der Waals surface area contributed by atoms with Crippen molar-refractivity contribution >= 4 is 29.3 Å². The van der Waals surface area contributed by atoms with Crippen molar-refractivity contribution in [3.05, 3.63) is 41.1 Å². The number of nitrogens with zero attached hydrogens (tertiary/aromatic N) is 6. The summed E-state index contributed by atoms with van der Waals surface area (Å²) in [4.78, 5) is 20.0. The maximum Gasteiger partial charge on any atom is 0.234 e. The number of hydrogen-bond donors (Lipinski definition) is 3. The van der Waals surface area contributed by atoms with Crippen molar-refractivity contribution in [2.45, 2.75) is 19.9 Å². The Hall–Kier alpha value is -2.88. The fourth-order valence-electron chi connectivity index (χ4n) is 1.87. The second-order valence-corrected chi connectivity index (χ2v) is 5.28. The lowest BCUT2D eigenvalue weighted by Gasteiger charge is -2.12. The van der Waals surface area contributed by atoms with Crippen molar-refractivity contribution in [3.63, 3.8) is 0 Å². The molecule has 3 aromatic heterocycles. The van der Waals surface area contributed by atoms with Crippen LogP contribution in [-0.2, 0) is 0 Å². The van der Waals surface area contributed by atoms with Gasteiger partial charge in [-0.05, 0) is 25.4 Å². The van der Waals surface area contributed by atoms with E-state index in [2.05, 4.69) is 45.8 Å². The van der Waals surface area contributed by atoms with Gasteiger partial charge in [0.25, 0.3) is 0 Å². The maximum atomic E-state index is 12.9. The predicted octanol–water partition coefficient (Wildman–Crippen LogP) is 2.40. The zero-order valence-corrected chi connectivity index (χ0v) is 13.5. The van der Waals surface area contributed by atoms with E-state index >= 15 is 0 Å². The van der Waals surface area contributed by atoms with E-state index in [9.17, 15) is 4.39 Å². The van der Waals surface area contributed by atoms with Crippen LogP contribution in [0.3, 0.4) is 0 Å². The quantitative estimate of drug-likeness (QED) is 0.642. The number of hydrogen-bond acceptors (Lipinski definition) is 8. The van der Waals surface area contributed by atoms with Crippen LogP contribution in [-0.4, -0.2) is 35.1 Å². The average molecular weight is 350 g/mol. The van der Waals surface area contributed by atoms with Crippen molar-refractivity contribution in [1.29, 1.82) is 0 Å². The number of halogens is 2. The van der Waals surface area contributed by atoms with Gasteiger partial charge in [0, 0.05) is 11.8 Å². The molecule has 0 aliphatic heterocycles. The highest BCUT2D eigenvalue weighted by atomic mass is 35.5. The molecular weight excluding hydrogens is 337 g/mol. The molecule has 24 heavy (non-hydrogen) atoms. The van der Waals surface area contributed by atoms with Crippen molar-refractivity contribution in [1.82, 2.24) is 35.1 Å². The molecule has 3 N–H and O–H groups in total. The Kier molecular flexibility index (Phi) is 4.47. The van der Waals surface area contributed by atoms with Crippen LogP contribution in [0.2, 0.25) is 5.28 Å². The molecule has 0 aliphatic rings. The lowest BCUT2D eigenvalue weighted by molar-refractivity contribution is 0.604. The average Bonchev–Trinajstić information content (AvgIpc) is 2.92. The first-order valence-corrected chi connectivity index (χ1v) is 7.32. The summed E-state index contributed by atoms with van der Waals surface area (Å²) in [5, 5.41) is 12.7. The summed E-state index contributed by atoms with van der Waals surface area (Å²) in [6, 6.07) is 1.43. The van der Waals surface area contributed by atoms with E-state index in [-0.39, 0.29) is 23.2 Å². The minimum absolute atomic E-state index is 0.00878. The number of aryl methyl sites for hydroxylation is 1. The van der Waals surface area contributed by atoms with Crippen molar-refractivity contribution in [2.24, 2.45) is 0 Å². The molecule has 9 nitrogen and oxygen atoms in total. The predicted molar refractivity (Wildman–Crippen MR) is 85.5 cm³/mol. The smallest absolute Gasteiger partial charge is 0.234 e. The number of rotatable bonds is 5. The van der Waals surface area contributed by atoms with Crippen LogP contribution < -0.4 is 10.6 Å². The fraction of sp³-hybridized carbons (Fsp3) is 0.231. The van der Waals surface area contributed by atoms with Gasteiger partial charge < -0.3 is 10.6 Å². The SMILES string of the molecule is Cc1cc(Nc2nc(Cl)nc(NC(C)c3ncc(F)cn3)n2)n[nH]1. The largest absolute Gasteiger partial charge is 0.344 e. The zero-order chi connectivity index (χ0) is 17.1. The normalized spacial score (nSPS) is 12.0. The molecule has 0 aromatic carbocycles. The Morgan fingerprint density at radius 3 is 2.54 bits per heavy atom. The van der Waals surface area contributed by atoms with E-state index in [1.54, 1.807) is 13.0 Å². The molecule has 1 atom stereocenters. The molecule has 0 bridgehead atoms. The van der Waals surface area contributed by atoms with Crippen LogP contribution in [0.15, 0.2) is 18.5 Å². The van der Waals surface area contributed by atoms with Gasteiger partial charge in [-0.15, -0.1) is 0 Å². The molecule has 0 amide bonds. The van der Waals surface area contributed by atoms with E-state index < -0.39 is 5.82 Å². The molecule has 0 spiro atoms. The lowest BCUT2D eigenvalue weighted by atomic mass is 10.3. The molecule has 11 heteroatoms.